The minimum atomic E-state index is -3.49. The van der Waals surface area contributed by atoms with Crippen molar-refractivity contribution in [3.8, 4) is 5.75 Å². The average Bonchev–Trinajstić information content (AvgIpc) is 2.39. The third-order valence-corrected chi connectivity index (χ3v) is 5.35. The molecule has 20 heavy (non-hydrogen) atoms. The maximum atomic E-state index is 12.2. The quantitative estimate of drug-likeness (QED) is 0.790. The number of nitrogens with one attached hydrogen (secondary N) is 1. The van der Waals surface area contributed by atoms with Gasteiger partial charge in [0.1, 0.15) is 11.3 Å². The summed E-state index contributed by atoms with van der Waals surface area (Å²) in [4.78, 5) is 10.8. The maximum Gasteiger partial charge on any atom is 0.339 e. The van der Waals surface area contributed by atoms with Crippen LogP contribution >= 0.6 is 0 Å². The number of carboxylic acid groups (broad SMARTS) is 1. The van der Waals surface area contributed by atoms with Gasteiger partial charge < -0.3 is 10.2 Å². The molecular weight excluding hydrogens is 282 g/mol. The standard InChI is InChI=1S/C13H17NO5S/c15-12-8-9(6-7-11(12)13(16)17)14-20(18,19)10-4-2-1-3-5-10/h6-8,10,14-15H,1-5H2,(H,16,17). The summed E-state index contributed by atoms with van der Waals surface area (Å²) in [7, 11) is -3.49. The number of benzene rings is 1. The topological polar surface area (TPSA) is 104 Å². The molecule has 7 heteroatoms. The van der Waals surface area contributed by atoms with E-state index >= 15 is 0 Å². The van der Waals surface area contributed by atoms with Gasteiger partial charge in [-0.3, -0.25) is 4.72 Å². The predicted octanol–water partition coefficient (Wildman–Crippen LogP) is 2.16. The van der Waals surface area contributed by atoms with Crippen molar-refractivity contribution in [2.24, 2.45) is 0 Å². The second-order valence-electron chi connectivity index (χ2n) is 4.94. The van der Waals surface area contributed by atoms with Crippen LogP contribution in [0.4, 0.5) is 5.69 Å². The summed E-state index contributed by atoms with van der Waals surface area (Å²) in [5, 5.41) is 17.9. The van der Waals surface area contributed by atoms with Crippen molar-refractivity contribution in [3.05, 3.63) is 23.8 Å². The van der Waals surface area contributed by atoms with E-state index in [9.17, 15) is 18.3 Å². The Morgan fingerprint density at radius 1 is 1.20 bits per heavy atom. The van der Waals surface area contributed by atoms with E-state index in [-0.39, 0.29) is 11.3 Å². The maximum absolute atomic E-state index is 12.2. The molecule has 1 aliphatic rings. The number of anilines is 1. The van der Waals surface area contributed by atoms with E-state index in [2.05, 4.69) is 4.72 Å². The van der Waals surface area contributed by atoms with E-state index in [1.54, 1.807) is 0 Å². The lowest BCUT2D eigenvalue weighted by Crippen LogP contribution is -2.29. The fraction of sp³-hybridized carbons (Fsp3) is 0.462. The van der Waals surface area contributed by atoms with Crippen molar-refractivity contribution in [1.29, 1.82) is 0 Å². The number of aromatic hydroxyl groups is 1. The van der Waals surface area contributed by atoms with Gasteiger partial charge in [-0.1, -0.05) is 19.3 Å². The fourth-order valence-electron chi connectivity index (χ4n) is 2.40. The van der Waals surface area contributed by atoms with Crippen LogP contribution in [0.3, 0.4) is 0 Å². The SMILES string of the molecule is O=C(O)c1ccc(NS(=O)(=O)C2CCCCC2)cc1O. The summed E-state index contributed by atoms with van der Waals surface area (Å²) in [5.74, 6) is -1.72. The molecular formula is C13H17NO5S. The van der Waals surface area contributed by atoms with E-state index in [1.807, 2.05) is 0 Å². The minimum absolute atomic E-state index is 0.179. The molecule has 0 aromatic heterocycles. The Balaban J connectivity index is 2.17. The number of carbonyl (C=O) groups is 1. The zero-order valence-electron chi connectivity index (χ0n) is 10.9. The first kappa shape index (κ1) is 14.6. The van der Waals surface area contributed by atoms with Crippen molar-refractivity contribution >= 4 is 21.7 Å². The summed E-state index contributed by atoms with van der Waals surface area (Å²) >= 11 is 0. The van der Waals surface area contributed by atoms with Crippen LogP contribution in [0.2, 0.25) is 0 Å². The van der Waals surface area contributed by atoms with E-state index in [1.165, 1.54) is 12.1 Å². The van der Waals surface area contributed by atoms with Gasteiger partial charge in [0.25, 0.3) is 0 Å². The molecule has 0 saturated heterocycles. The highest BCUT2D eigenvalue weighted by Crippen LogP contribution is 2.27. The van der Waals surface area contributed by atoms with E-state index in [0.717, 1.165) is 25.3 Å². The van der Waals surface area contributed by atoms with Crippen LogP contribution in [0, 0.1) is 0 Å². The number of sulfonamides is 1. The lowest BCUT2D eigenvalue weighted by atomic mass is 10.0. The molecule has 0 amide bonds. The molecule has 0 atom stereocenters. The highest BCUT2D eigenvalue weighted by atomic mass is 32.2. The van der Waals surface area contributed by atoms with Crippen molar-refractivity contribution in [1.82, 2.24) is 0 Å². The number of hydrogen-bond donors (Lipinski definition) is 3. The summed E-state index contributed by atoms with van der Waals surface area (Å²) in [5.41, 5.74) is -0.0799. The van der Waals surface area contributed by atoms with E-state index < -0.39 is 27.0 Å². The second kappa shape index (κ2) is 5.70. The summed E-state index contributed by atoms with van der Waals surface area (Å²) in [6, 6.07) is 3.63. The van der Waals surface area contributed by atoms with Crippen LogP contribution < -0.4 is 4.72 Å². The van der Waals surface area contributed by atoms with E-state index in [0.29, 0.717) is 12.8 Å². The van der Waals surface area contributed by atoms with Gasteiger partial charge in [-0.2, -0.15) is 0 Å². The molecule has 0 bridgehead atoms. The van der Waals surface area contributed by atoms with Gasteiger partial charge in [0.15, 0.2) is 0 Å². The Hall–Kier alpha value is -1.76. The Bertz CT molecular complexity index is 605. The van der Waals surface area contributed by atoms with Crippen LogP contribution in [-0.4, -0.2) is 29.9 Å². The summed E-state index contributed by atoms with van der Waals surface area (Å²) < 4.78 is 26.8. The molecule has 0 aliphatic heterocycles. The van der Waals surface area contributed by atoms with Crippen LogP contribution in [-0.2, 0) is 10.0 Å². The molecule has 0 heterocycles. The number of rotatable bonds is 4. The van der Waals surface area contributed by atoms with Crippen LogP contribution in [0.5, 0.6) is 5.75 Å². The third-order valence-electron chi connectivity index (χ3n) is 3.48. The smallest absolute Gasteiger partial charge is 0.339 e. The molecule has 1 aliphatic carbocycles. The molecule has 1 aromatic rings. The molecule has 3 N–H and O–H groups in total. The van der Waals surface area contributed by atoms with Gasteiger partial charge in [0, 0.05) is 6.07 Å². The molecule has 0 unspecified atom stereocenters. The lowest BCUT2D eigenvalue weighted by Gasteiger charge is -2.22. The van der Waals surface area contributed by atoms with Gasteiger partial charge in [-0.15, -0.1) is 0 Å². The molecule has 0 radical (unpaired) electrons. The molecule has 110 valence electrons. The monoisotopic (exact) mass is 299 g/mol. The lowest BCUT2D eigenvalue weighted by molar-refractivity contribution is 0.0694. The average molecular weight is 299 g/mol. The van der Waals surface area contributed by atoms with Crippen molar-refractivity contribution in [2.75, 3.05) is 4.72 Å². The zero-order chi connectivity index (χ0) is 14.8. The van der Waals surface area contributed by atoms with Gasteiger partial charge in [-0.25, -0.2) is 13.2 Å². The van der Waals surface area contributed by atoms with E-state index in [4.69, 9.17) is 5.11 Å². The molecule has 1 fully saturated rings. The third kappa shape index (κ3) is 3.22. The predicted molar refractivity (Wildman–Crippen MR) is 74.5 cm³/mol. The fourth-order valence-corrected chi connectivity index (χ4v) is 3.98. The van der Waals surface area contributed by atoms with Crippen LogP contribution in [0.25, 0.3) is 0 Å². The second-order valence-corrected chi connectivity index (χ2v) is 6.90. The Labute approximate surface area is 117 Å². The molecule has 1 aromatic carbocycles. The van der Waals surface area contributed by atoms with Crippen LogP contribution in [0.15, 0.2) is 18.2 Å². The van der Waals surface area contributed by atoms with Gasteiger partial charge in [0.2, 0.25) is 10.0 Å². The van der Waals surface area contributed by atoms with Gasteiger partial charge >= 0.3 is 5.97 Å². The van der Waals surface area contributed by atoms with Crippen molar-refractivity contribution in [3.63, 3.8) is 0 Å². The minimum Gasteiger partial charge on any atom is -0.507 e. The Morgan fingerprint density at radius 2 is 1.85 bits per heavy atom. The number of phenols is 1. The first-order chi connectivity index (χ1) is 9.40. The zero-order valence-corrected chi connectivity index (χ0v) is 11.7. The largest absolute Gasteiger partial charge is 0.507 e. The normalized spacial score (nSPS) is 16.8. The number of hydrogen-bond acceptors (Lipinski definition) is 4. The van der Waals surface area contributed by atoms with Gasteiger partial charge in [0.05, 0.1) is 10.9 Å². The van der Waals surface area contributed by atoms with Gasteiger partial charge in [-0.05, 0) is 25.0 Å². The molecule has 6 nitrogen and oxygen atoms in total. The molecule has 2 rings (SSSR count). The number of aromatic carboxylic acids is 1. The highest BCUT2D eigenvalue weighted by molar-refractivity contribution is 7.93. The number of carboxylic acids is 1. The highest BCUT2D eigenvalue weighted by Gasteiger charge is 2.27. The summed E-state index contributed by atoms with van der Waals surface area (Å²) in [6.07, 6.45) is 4.12. The van der Waals surface area contributed by atoms with Crippen molar-refractivity contribution in [2.45, 2.75) is 37.4 Å². The first-order valence-electron chi connectivity index (χ1n) is 6.48. The van der Waals surface area contributed by atoms with Crippen molar-refractivity contribution < 1.29 is 23.4 Å². The Kier molecular flexibility index (Phi) is 4.17. The summed E-state index contributed by atoms with van der Waals surface area (Å²) in [6.45, 7) is 0. The first-order valence-corrected chi connectivity index (χ1v) is 8.03. The van der Waals surface area contributed by atoms with Crippen LogP contribution in [0.1, 0.15) is 42.5 Å². The molecule has 0 spiro atoms. The molecule has 1 saturated carbocycles. The Morgan fingerprint density at radius 3 is 2.40 bits per heavy atom.